The van der Waals surface area contributed by atoms with Gasteiger partial charge in [0.1, 0.15) is 0 Å². The van der Waals surface area contributed by atoms with Crippen LogP contribution in [0, 0.1) is 0 Å². The van der Waals surface area contributed by atoms with E-state index in [2.05, 4.69) is 31.0 Å². The number of hydrogen-bond acceptors (Lipinski definition) is 7. The molecule has 2 saturated heterocycles. The Labute approximate surface area is 273 Å². The summed E-state index contributed by atoms with van der Waals surface area (Å²) >= 11 is 7.14. The normalized spacial score (nSPS) is 17.3. The lowest BCUT2D eigenvalue weighted by atomic mass is 9.87. The molecule has 2 aliphatic rings. The van der Waals surface area contributed by atoms with Crippen LogP contribution < -0.4 is 10.2 Å². The number of benzene rings is 3. The van der Waals surface area contributed by atoms with Crippen LogP contribution in [0.5, 0.6) is 0 Å². The number of rotatable bonds is 8. The predicted octanol–water partition coefficient (Wildman–Crippen LogP) is 5.61. The standard InChI is InChI=1S/C33H35ClN4O5S2/c1-33(2,3)24-11-9-23(10-12-24)21-29-31(40)38(32(41)44-29)16-15-35-30(39)27-22-26(13-14-28(27)34)45(42,43)37-19-17-36(18-20-37)25-7-5-4-6-8-25/h4-14,21-22H,15-20H2,1-3H3,(H,35,39)/b29-21+. The SMILES string of the molecule is CC(C)(C)c1ccc(/C=C2/SC(=O)N(CCNC(=O)c3cc(S(=O)(=O)N4CCN(c5ccccc5)CC4)ccc3Cl)C2=O)cc1. The fourth-order valence-electron chi connectivity index (χ4n) is 5.11. The zero-order chi connectivity index (χ0) is 32.4. The second-order valence-corrected chi connectivity index (χ2v) is 15.2. The Kier molecular flexibility index (Phi) is 9.74. The predicted molar refractivity (Wildman–Crippen MR) is 179 cm³/mol. The number of sulfonamides is 1. The Morgan fingerprint density at radius 2 is 1.62 bits per heavy atom. The first kappa shape index (κ1) is 32.7. The molecular formula is C33H35ClN4O5S2. The van der Waals surface area contributed by atoms with E-state index in [0.29, 0.717) is 31.1 Å². The van der Waals surface area contributed by atoms with Gasteiger partial charge in [-0.05, 0) is 64.7 Å². The average molecular weight is 667 g/mol. The van der Waals surface area contributed by atoms with Gasteiger partial charge in [-0.3, -0.25) is 19.3 Å². The fourth-order valence-corrected chi connectivity index (χ4v) is 7.63. The third-order valence-electron chi connectivity index (χ3n) is 7.75. The number of anilines is 1. The van der Waals surface area contributed by atoms with Gasteiger partial charge in [-0.15, -0.1) is 0 Å². The second-order valence-electron chi connectivity index (χ2n) is 11.8. The highest BCUT2D eigenvalue weighted by molar-refractivity contribution is 8.18. The highest BCUT2D eigenvalue weighted by Crippen LogP contribution is 2.32. The summed E-state index contributed by atoms with van der Waals surface area (Å²) in [4.78, 5) is 42.1. The minimum atomic E-state index is -3.87. The quantitative estimate of drug-likeness (QED) is 0.311. The summed E-state index contributed by atoms with van der Waals surface area (Å²) in [6.45, 7) is 7.96. The number of amides is 3. The number of halogens is 1. The van der Waals surface area contributed by atoms with E-state index in [1.165, 1.54) is 22.5 Å². The van der Waals surface area contributed by atoms with E-state index in [9.17, 15) is 22.8 Å². The first-order valence-electron chi connectivity index (χ1n) is 14.6. The molecule has 2 heterocycles. The van der Waals surface area contributed by atoms with Crippen molar-refractivity contribution in [3.8, 4) is 0 Å². The van der Waals surface area contributed by atoms with Crippen LogP contribution in [0.15, 0.2) is 82.6 Å². The zero-order valence-corrected chi connectivity index (χ0v) is 27.7. The van der Waals surface area contributed by atoms with Crippen molar-refractivity contribution in [1.82, 2.24) is 14.5 Å². The summed E-state index contributed by atoms with van der Waals surface area (Å²) in [5, 5.41) is 2.33. The second kappa shape index (κ2) is 13.4. The van der Waals surface area contributed by atoms with Crippen molar-refractivity contribution >= 4 is 62.2 Å². The van der Waals surface area contributed by atoms with Gasteiger partial charge in [-0.2, -0.15) is 4.31 Å². The molecule has 0 aromatic heterocycles. The molecule has 0 bridgehead atoms. The number of hydrogen-bond donors (Lipinski definition) is 1. The molecule has 0 spiro atoms. The van der Waals surface area contributed by atoms with E-state index >= 15 is 0 Å². The number of carbonyl (C=O) groups excluding carboxylic acids is 3. The Morgan fingerprint density at radius 3 is 2.27 bits per heavy atom. The van der Waals surface area contributed by atoms with Gasteiger partial charge in [-0.1, -0.05) is 74.8 Å². The summed E-state index contributed by atoms with van der Waals surface area (Å²) in [5.74, 6) is -1.04. The Morgan fingerprint density at radius 1 is 0.956 bits per heavy atom. The molecule has 45 heavy (non-hydrogen) atoms. The van der Waals surface area contributed by atoms with E-state index in [1.54, 1.807) is 6.08 Å². The van der Waals surface area contributed by atoms with E-state index in [0.717, 1.165) is 33.5 Å². The van der Waals surface area contributed by atoms with Crippen molar-refractivity contribution in [2.45, 2.75) is 31.1 Å². The first-order valence-corrected chi connectivity index (χ1v) is 17.2. The summed E-state index contributed by atoms with van der Waals surface area (Å²) in [7, 11) is -3.87. The van der Waals surface area contributed by atoms with Crippen molar-refractivity contribution in [2.75, 3.05) is 44.2 Å². The van der Waals surface area contributed by atoms with Gasteiger partial charge >= 0.3 is 0 Å². The molecule has 3 amide bonds. The molecule has 2 aliphatic heterocycles. The lowest BCUT2D eigenvalue weighted by Crippen LogP contribution is -2.48. The zero-order valence-electron chi connectivity index (χ0n) is 25.3. The molecule has 0 atom stereocenters. The van der Waals surface area contributed by atoms with Crippen LogP contribution in [0.2, 0.25) is 5.02 Å². The molecule has 5 rings (SSSR count). The molecule has 12 heteroatoms. The molecule has 9 nitrogen and oxygen atoms in total. The van der Waals surface area contributed by atoms with Gasteiger partial charge in [0, 0.05) is 45.0 Å². The van der Waals surface area contributed by atoms with E-state index in [4.69, 9.17) is 11.6 Å². The number of piperazine rings is 1. The smallest absolute Gasteiger partial charge is 0.293 e. The van der Waals surface area contributed by atoms with Gasteiger partial charge in [0.15, 0.2) is 0 Å². The maximum atomic E-state index is 13.4. The van der Waals surface area contributed by atoms with Crippen LogP contribution in [0.3, 0.4) is 0 Å². The van der Waals surface area contributed by atoms with Crippen LogP contribution in [-0.2, 0) is 20.2 Å². The average Bonchev–Trinajstić information content (AvgIpc) is 3.28. The van der Waals surface area contributed by atoms with Gasteiger partial charge in [0.05, 0.1) is 20.4 Å². The Balaban J connectivity index is 1.19. The van der Waals surface area contributed by atoms with Crippen molar-refractivity contribution in [2.24, 2.45) is 0 Å². The molecule has 0 saturated carbocycles. The Hall–Kier alpha value is -3.64. The molecule has 0 aliphatic carbocycles. The van der Waals surface area contributed by atoms with Crippen LogP contribution in [0.25, 0.3) is 6.08 Å². The maximum Gasteiger partial charge on any atom is 0.293 e. The van der Waals surface area contributed by atoms with E-state index in [-0.39, 0.29) is 34.0 Å². The van der Waals surface area contributed by atoms with Crippen LogP contribution in [0.4, 0.5) is 10.5 Å². The topological polar surface area (TPSA) is 107 Å². The molecule has 3 aromatic carbocycles. The number of imide groups is 1. The van der Waals surface area contributed by atoms with Gasteiger partial charge in [0.25, 0.3) is 17.1 Å². The molecule has 1 N–H and O–H groups in total. The number of nitrogens with one attached hydrogen (secondary N) is 1. The molecule has 236 valence electrons. The number of nitrogens with zero attached hydrogens (tertiary/aromatic N) is 3. The first-order chi connectivity index (χ1) is 21.3. The molecule has 0 radical (unpaired) electrons. The molecule has 3 aromatic rings. The van der Waals surface area contributed by atoms with Gasteiger partial charge in [-0.25, -0.2) is 8.42 Å². The third kappa shape index (κ3) is 7.44. The molecule has 2 fully saturated rings. The lowest BCUT2D eigenvalue weighted by molar-refractivity contribution is -0.122. The minimum Gasteiger partial charge on any atom is -0.369 e. The van der Waals surface area contributed by atoms with Crippen LogP contribution >= 0.6 is 23.4 Å². The van der Waals surface area contributed by atoms with E-state index < -0.39 is 27.1 Å². The minimum absolute atomic E-state index is 0.000783. The van der Waals surface area contributed by atoms with Crippen molar-refractivity contribution in [1.29, 1.82) is 0 Å². The van der Waals surface area contributed by atoms with Crippen LogP contribution in [0.1, 0.15) is 42.3 Å². The van der Waals surface area contributed by atoms with Crippen molar-refractivity contribution in [3.05, 3.63) is 99.4 Å². The maximum absolute atomic E-state index is 13.4. The lowest BCUT2D eigenvalue weighted by Gasteiger charge is -2.35. The van der Waals surface area contributed by atoms with Crippen LogP contribution in [-0.4, -0.2) is 73.9 Å². The molecular weight excluding hydrogens is 632 g/mol. The summed E-state index contributed by atoms with van der Waals surface area (Å²) in [6, 6.07) is 21.7. The number of carbonyl (C=O) groups is 3. The van der Waals surface area contributed by atoms with E-state index in [1.807, 2.05) is 54.6 Å². The van der Waals surface area contributed by atoms with Crippen molar-refractivity contribution < 1.29 is 22.8 Å². The largest absolute Gasteiger partial charge is 0.369 e. The highest BCUT2D eigenvalue weighted by Gasteiger charge is 2.35. The molecule has 0 unspecified atom stereocenters. The van der Waals surface area contributed by atoms with Gasteiger partial charge in [0.2, 0.25) is 10.0 Å². The number of thioether (sulfide) groups is 1. The van der Waals surface area contributed by atoms with Crippen molar-refractivity contribution in [3.63, 3.8) is 0 Å². The summed E-state index contributed by atoms with van der Waals surface area (Å²) < 4.78 is 28.3. The van der Waals surface area contributed by atoms with Gasteiger partial charge < -0.3 is 10.2 Å². The Bertz CT molecular complexity index is 1730. The highest BCUT2D eigenvalue weighted by atomic mass is 35.5. The third-order valence-corrected chi connectivity index (χ3v) is 10.9. The number of para-hydroxylation sites is 1. The summed E-state index contributed by atoms with van der Waals surface area (Å²) in [6.07, 6.45) is 1.68. The summed E-state index contributed by atoms with van der Waals surface area (Å²) in [5.41, 5.74) is 3.00. The fraction of sp³-hybridized carbons (Fsp3) is 0.303. The monoisotopic (exact) mass is 666 g/mol.